The fourth-order valence-electron chi connectivity index (χ4n) is 2.49. The van der Waals surface area contributed by atoms with E-state index in [-0.39, 0.29) is 24.3 Å². The summed E-state index contributed by atoms with van der Waals surface area (Å²) in [5, 5.41) is 2.75. The van der Waals surface area contributed by atoms with E-state index in [1.165, 1.54) is 0 Å². The Morgan fingerprint density at radius 3 is 2.16 bits per heavy atom. The Hall–Kier alpha value is -2.66. The van der Waals surface area contributed by atoms with Gasteiger partial charge in [-0.05, 0) is 24.5 Å². The number of hydroxylamine groups is 1. The zero-order valence-electron chi connectivity index (χ0n) is 14.6. The molecule has 2 aromatic rings. The molecule has 1 unspecified atom stereocenters. The van der Waals surface area contributed by atoms with Crippen molar-refractivity contribution in [2.45, 2.75) is 38.8 Å². The quantitative estimate of drug-likeness (QED) is 0.726. The van der Waals surface area contributed by atoms with E-state index < -0.39 is 6.04 Å². The molecule has 0 aliphatic rings. The van der Waals surface area contributed by atoms with Gasteiger partial charge in [-0.2, -0.15) is 0 Å². The number of amides is 2. The van der Waals surface area contributed by atoms with Crippen molar-refractivity contribution < 1.29 is 14.4 Å². The molecule has 0 spiro atoms. The first kappa shape index (κ1) is 18.7. The number of benzene rings is 2. The zero-order chi connectivity index (χ0) is 18.1. The molecule has 5 nitrogen and oxygen atoms in total. The monoisotopic (exact) mass is 340 g/mol. The number of rotatable bonds is 8. The number of carbonyl (C=O) groups excluding carboxylic acids is 2. The fourth-order valence-corrected chi connectivity index (χ4v) is 2.49. The molecule has 2 rings (SSSR count). The molecule has 5 heteroatoms. The smallest absolute Gasteiger partial charge is 0.265 e. The molecular weight excluding hydrogens is 316 g/mol. The first-order valence-electron chi connectivity index (χ1n) is 8.42. The maximum Gasteiger partial charge on any atom is 0.265 e. The summed E-state index contributed by atoms with van der Waals surface area (Å²) >= 11 is 0. The van der Waals surface area contributed by atoms with E-state index in [2.05, 4.69) is 10.8 Å². The van der Waals surface area contributed by atoms with Crippen LogP contribution >= 0.6 is 0 Å². The molecule has 0 bridgehead atoms. The van der Waals surface area contributed by atoms with Crippen molar-refractivity contribution in [2.75, 3.05) is 0 Å². The lowest BCUT2D eigenvalue weighted by atomic mass is 9.95. The van der Waals surface area contributed by atoms with Crippen LogP contribution in [0.5, 0.6) is 0 Å². The summed E-state index contributed by atoms with van der Waals surface area (Å²) in [6, 6.07) is 18.4. The van der Waals surface area contributed by atoms with Gasteiger partial charge >= 0.3 is 0 Å². The van der Waals surface area contributed by atoms with Gasteiger partial charge in [0.15, 0.2) is 0 Å². The third-order valence-corrected chi connectivity index (χ3v) is 3.93. The number of hydrogen-bond acceptors (Lipinski definition) is 3. The lowest BCUT2D eigenvalue weighted by Crippen LogP contribution is -2.46. The second-order valence-corrected chi connectivity index (χ2v) is 5.84. The van der Waals surface area contributed by atoms with Gasteiger partial charge in [0, 0.05) is 0 Å². The second kappa shape index (κ2) is 9.59. The Morgan fingerprint density at radius 1 is 0.960 bits per heavy atom. The predicted octanol–water partition coefficient (Wildman–Crippen LogP) is 2.93. The van der Waals surface area contributed by atoms with Crippen LogP contribution in [0.25, 0.3) is 0 Å². The number of hydrogen-bond donors (Lipinski definition) is 2. The molecule has 0 aromatic heterocycles. The SMILES string of the molecule is CCC(C(=O)N[C@H](C)C(=O)NOCc1ccccc1)c1ccccc1. The minimum Gasteiger partial charge on any atom is -0.344 e. The van der Waals surface area contributed by atoms with Crippen molar-refractivity contribution in [3.63, 3.8) is 0 Å². The average molecular weight is 340 g/mol. The summed E-state index contributed by atoms with van der Waals surface area (Å²) in [6.45, 7) is 3.86. The highest BCUT2D eigenvalue weighted by molar-refractivity contribution is 5.89. The first-order valence-corrected chi connectivity index (χ1v) is 8.42. The number of nitrogens with one attached hydrogen (secondary N) is 2. The number of carbonyl (C=O) groups is 2. The van der Waals surface area contributed by atoms with Gasteiger partial charge in [0.1, 0.15) is 6.04 Å². The summed E-state index contributed by atoms with van der Waals surface area (Å²) in [6.07, 6.45) is 0.661. The highest BCUT2D eigenvalue weighted by atomic mass is 16.6. The van der Waals surface area contributed by atoms with E-state index >= 15 is 0 Å². The van der Waals surface area contributed by atoms with Crippen LogP contribution in [0, 0.1) is 0 Å². The summed E-state index contributed by atoms with van der Waals surface area (Å²) in [5.41, 5.74) is 4.27. The molecule has 2 N–H and O–H groups in total. The van der Waals surface area contributed by atoms with Crippen molar-refractivity contribution in [2.24, 2.45) is 0 Å². The Balaban J connectivity index is 1.82. The molecule has 0 heterocycles. The molecule has 2 aromatic carbocycles. The van der Waals surface area contributed by atoms with Gasteiger partial charge in [-0.1, -0.05) is 67.6 Å². The van der Waals surface area contributed by atoms with Crippen molar-refractivity contribution in [1.82, 2.24) is 10.8 Å². The summed E-state index contributed by atoms with van der Waals surface area (Å²) in [4.78, 5) is 29.7. The molecule has 0 saturated heterocycles. The van der Waals surface area contributed by atoms with Crippen LogP contribution < -0.4 is 10.8 Å². The second-order valence-electron chi connectivity index (χ2n) is 5.84. The lowest BCUT2D eigenvalue weighted by Gasteiger charge is -2.19. The summed E-state index contributed by atoms with van der Waals surface area (Å²) in [5.74, 6) is -0.826. The van der Waals surface area contributed by atoms with Crippen LogP contribution in [0.4, 0.5) is 0 Å². The third-order valence-electron chi connectivity index (χ3n) is 3.93. The van der Waals surface area contributed by atoms with E-state index in [0.717, 1.165) is 11.1 Å². The van der Waals surface area contributed by atoms with E-state index in [1.807, 2.05) is 67.6 Å². The Bertz CT molecular complexity index is 674. The van der Waals surface area contributed by atoms with Crippen LogP contribution in [0.15, 0.2) is 60.7 Å². The van der Waals surface area contributed by atoms with Crippen LogP contribution in [-0.4, -0.2) is 17.9 Å². The van der Waals surface area contributed by atoms with E-state index in [0.29, 0.717) is 6.42 Å². The van der Waals surface area contributed by atoms with Crippen molar-refractivity contribution in [3.05, 3.63) is 71.8 Å². The predicted molar refractivity (Wildman–Crippen MR) is 96.5 cm³/mol. The van der Waals surface area contributed by atoms with Gasteiger partial charge in [0.25, 0.3) is 5.91 Å². The molecule has 132 valence electrons. The van der Waals surface area contributed by atoms with Gasteiger partial charge in [-0.15, -0.1) is 0 Å². The summed E-state index contributed by atoms with van der Waals surface area (Å²) < 4.78 is 0. The average Bonchev–Trinajstić information content (AvgIpc) is 2.64. The maximum atomic E-state index is 12.5. The van der Waals surface area contributed by atoms with Crippen LogP contribution in [-0.2, 0) is 21.0 Å². The van der Waals surface area contributed by atoms with Gasteiger partial charge in [0.05, 0.1) is 12.5 Å². The molecule has 2 amide bonds. The minimum absolute atomic E-state index is 0.167. The Morgan fingerprint density at radius 2 is 1.56 bits per heavy atom. The van der Waals surface area contributed by atoms with Crippen LogP contribution in [0.2, 0.25) is 0 Å². The van der Waals surface area contributed by atoms with Crippen LogP contribution in [0.1, 0.15) is 37.3 Å². The highest BCUT2D eigenvalue weighted by Gasteiger charge is 2.22. The van der Waals surface area contributed by atoms with Crippen molar-refractivity contribution >= 4 is 11.8 Å². The fraction of sp³-hybridized carbons (Fsp3) is 0.300. The van der Waals surface area contributed by atoms with E-state index in [4.69, 9.17) is 4.84 Å². The highest BCUT2D eigenvalue weighted by Crippen LogP contribution is 2.19. The Labute approximate surface area is 148 Å². The third kappa shape index (κ3) is 5.72. The minimum atomic E-state index is -0.680. The molecule has 0 aliphatic heterocycles. The molecule has 25 heavy (non-hydrogen) atoms. The van der Waals surface area contributed by atoms with Gasteiger partial charge in [0.2, 0.25) is 5.91 Å². The molecule has 0 fully saturated rings. The molecule has 0 aliphatic carbocycles. The normalized spacial score (nSPS) is 12.9. The topological polar surface area (TPSA) is 67.4 Å². The summed E-state index contributed by atoms with van der Waals surface area (Å²) in [7, 11) is 0. The van der Waals surface area contributed by atoms with Crippen molar-refractivity contribution in [3.8, 4) is 0 Å². The zero-order valence-corrected chi connectivity index (χ0v) is 14.6. The largest absolute Gasteiger partial charge is 0.344 e. The van der Waals surface area contributed by atoms with E-state index in [1.54, 1.807) is 6.92 Å². The molecule has 2 atom stereocenters. The van der Waals surface area contributed by atoms with Crippen molar-refractivity contribution in [1.29, 1.82) is 0 Å². The van der Waals surface area contributed by atoms with Gasteiger partial charge < -0.3 is 5.32 Å². The van der Waals surface area contributed by atoms with Crippen LogP contribution in [0.3, 0.4) is 0 Å². The molecule has 0 radical (unpaired) electrons. The maximum absolute atomic E-state index is 12.5. The lowest BCUT2D eigenvalue weighted by molar-refractivity contribution is -0.139. The standard InChI is InChI=1S/C20H24N2O3/c1-3-18(17-12-8-5-9-13-17)20(24)21-15(2)19(23)22-25-14-16-10-6-4-7-11-16/h4-13,15,18H,3,14H2,1-2H3,(H,21,24)(H,22,23)/t15-,18?/m1/s1. The molecular formula is C20H24N2O3. The molecule has 0 saturated carbocycles. The van der Waals surface area contributed by atoms with Gasteiger partial charge in [-0.25, -0.2) is 5.48 Å². The van der Waals surface area contributed by atoms with E-state index in [9.17, 15) is 9.59 Å². The first-order chi connectivity index (χ1) is 12.1. The van der Waals surface area contributed by atoms with Gasteiger partial charge in [-0.3, -0.25) is 14.4 Å². The Kier molecular flexibility index (Phi) is 7.16.